The number of amides is 1. The van der Waals surface area contributed by atoms with Crippen LogP contribution in [0.2, 0.25) is 0 Å². The van der Waals surface area contributed by atoms with Crippen molar-refractivity contribution >= 4 is 17.6 Å². The fourth-order valence-corrected chi connectivity index (χ4v) is 2.40. The van der Waals surface area contributed by atoms with Gasteiger partial charge in [0, 0.05) is 5.56 Å². The van der Waals surface area contributed by atoms with Gasteiger partial charge in [-0.2, -0.15) is 0 Å². The van der Waals surface area contributed by atoms with Gasteiger partial charge in [0.1, 0.15) is 12.4 Å². The number of para-hydroxylation sites is 1. The monoisotopic (exact) mass is 251 g/mol. The smallest absolute Gasteiger partial charge is 0.358 e. The Morgan fingerprint density at radius 1 is 1.56 bits per heavy atom. The summed E-state index contributed by atoms with van der Waals surface area (Å²) in [6.45, 7) is 0.505. The molecule has 2 heterocycles. The Balaban J connectivity index is 2.26. The maximum absolute atomic E-state index is 14.8. The summed E-state index contributed by atoms with van der Waals surface area (Å²) < 4.78 is 24.6. The first-order valence-electron chi connectivity index (χ1n) is 5.46. The van der Waals surface area contributed by atoms with Gasteiger partial charge in [-0.15, -0.1) is 0 Å². The van der Waals surface area contributed by atoms with E-state index in [0.717, 1.165) is 7.11 Å². The lowest BCUT2D eigenvalue weighted by atomic mass is 9.97. The number of alkyl halides is 1. The van der Waals surface area contributed by atoms with Gasteiger partial charge in [0.05, 0.1) is 19.3 Å². The summed E-state index contributed by atoms with van der Waals surface area (Å²) in [5.74, 6) is -1.69. The maximum atomic E-state index is 14.8. The molecule has 0 bridgehead atoms. The molecule has 0 saturated carbocycles. The summed E-state index contributed by atoms with van der Waals surface area (Å²) in [5, 5.41) is 0. The highest BCUT2D eigenvalue weighted by Crippen LogP contribution is 2.49. The minimum Gasteiger partial charge on any atom is -0.490 e. The zero-order valence-electron chi connectivity index (χ0n) is 9.60. The molecular formula is C12H10FNO4. The largest absolute Gasteiger partial charge is 0.490 e. The van der Waals surface area contributed by atoms with Gasteiger partial charge in [-0.3, -0.25) is 4.79 Å². The molecule has 1 unspecified atom stereocenters. The highest BCUT2D eigenvalue weighted by atomic mass is 19.1. The molecule has 6 heteroatoms. The number of esters is 1. The second-order valence-corrected chi connectivity index (χ2v) is 4.11. The number of rotatable bonds is 1. The van der Waals surface area contributed by atoms with Crippen LogP contribution >= 0.6 is 0 Å². The lowest BCUT2D eigenvalue weighted by Crippen LogP contribution is -2.45. The number of anilines is 1. The lowest BCUT2D eigenvalue weighted by Gasteiger charge is -2.25. The Morgan fingerprint density at radius 3 is 3.06 bits per heavy atom. The second kappa shape index (κ2) is 3.44. The summed E-state index contributed by atoms with van der Waals surface area (Å²) in [4.78, 5) is 25.0. The van der Waals surface area contributed by atoms with Gasteiger partial charge in [-0.05, 0) is 6.07 Å². The Bertz CT molecular complexity index is 559. The van der Waals surface area contributed by atoms with Crippen molar-refractivity contribution in [2.24, 2.45) is 0 Å². The quantitative estimate of drug-likeness (QED) is 0.546. The van der Waals surface area contributed by atoms with Gasteiger partial charge >= 0.3 is 11.6 Å². The van der Waals surface area contributed by atoms with Crippen molar-refractivity contribution in [2.45, 2.75) is 5.67 Å². The highest BCUT2D eigenvalue weighted by Gasteiger charge is 2.60. The van der Waals surface area contributed by atoms with E-state index in [2.05, 4.69) is 4.74 Å². The van der Waals surface area contributed by atoms with Crippen LogP contribution in [0.3, 0.4) is 0 Å². The van der Waals surface area contributed by atoms with Crippen molar-refractivity contribution in [1.29, 1.82) is 0 Å². The zero-order valence-corrected chi connectivity index (χ0v) is 9.60. The molecule has 2 aliphatic rings. The molecule has 0 saturated heterocycles. The van der Waals surface area contributed by atoms with E-state index in [9.17, 15) is 14.0 Å². The number of hydrogen-bond acceptors (Lipinski definition) is 4. The number of benzene rings is 1. The zero-order chi connectivity index (χ0) is 12.9. The van der Waals surface area contributed by atoms with E-state index in [4.69, 9.17) is 4.74 Å². The van der Waals surface area contributed by atoms with Crippen molar-refractivity contribution in [1.82, 2.24) is 0 Å². The summed E-state index contributed by atoms with van der Waals surface area (Å²) in [5.41, 5.74) is -2.42. The van der Waals surface area contributed by atoms with Crippen molar-refractivity contribution in [3.63, 3.8) is 0 Å². The van der Waals surface area contributed by atoms with E-state index in [0.29, 0.717) is 11.4 Å². The second-order valence-electron chi connectivity index (χ2n) is 4.11. The minimum atomic E-state index is -2.76. The first-order chi connectivity index (χ1) is 8.60. The number of carbonyl (C=O) groups is 2. The van der Waals surface area contributed by atoms with E-state index >= 15 is 0 Å². The van der Waals surface area contributed by atoms with Crippen LogP contribution in [0, 0.1) is 0 Å². The standard InChI is InChI=1S/C12H10FNO4/c1-17-11(16)12(13)7-3-2-4-8-9(7)14(10(12)15)5-6-18-8/h2-4H,5-6H2,1H3. The molecule has 3 rings (SSSR count). The van der Waals surface area contributed by atoms with Crippen LogP contribution in [0.4, 0.5) is 10.1 Å². The predicted molar refractivity (Wildman–Crippen MR) is 59.1 cm³/mol. The van der Waals surface area contributed by atoms with Gasteiger partial charge in [0.15, 0.2) is 0 Å². The van der Waals surface area contributed by atoms with Gasteiger partial charge in [0.2, 0.25) is 0 Å². The number of nitrogens with zero attached hydrogens (tertiary/aromatic N) is 1. The number of halogens is 1. The molecule has 5 nitrogen and oxygen atoms in total. The summed E-state index contributed by atoms with van der Waals surface area (Å²) in [6, 6.07) is 4.59. The molecule has 1 atom stereocenters. The van der Waals surface area contributed by atoms with Crippen LogP contribution < -0.4 is 9.64 Å². The van der Waals surface area contributed by atoms with Crippen LogP contribution in [0.1, 0.15) is 5.56 Å². The fourth-order valence-electron chi connectivity index (χ4n) is 2.40. The van der Waals surface area contributed by atoms with Gasteiger partial charge < -0.3 is 14.4 Å². The minimum absolute atomic E-state index is 0.00319. The predicted octanol–water partition coefficient (Wildman–Crippen LogP) is 0.763. The average molecular weight is 251 g/mol. The molecule has 1 aromatic rings. The third kappa shape index (κ3) is 1.10. The fraction of sp³-hybridized carbons (Fsp3) is 0.333. The summed E-state index contributed by atoms with van der Waals surface area (Å²) in [6.07, 6.45) is 0. The molecule has 18 heavy (non-hydrogen) atoms. The van der Waals surface area contributed by atoms with Crippen LogP contribution in [-0.2, 0) is 20.0 Å². The molecule has 0 fully saturated rings. The topological polar surface area (TPSA) is 55.8 Å². The Morgan fingerprint density at radius 2 is 2.33 bits per heavy atom. The first-order valence-corrected chi connectivity index (χ1v) is 5.46. The van der Waals surface area contributed by atoms with E-state index in [1.807, 2.05) is 0 Å². The molecule has 0 N–H and O–H groups in total. The van der Waals surface area contributed by atoms with Crippen LogP contribution in [0.25, 0.3) is 0 Å². The molecule has 1 amide bonds. The van der Waals surface area contributed by atoms with Gasteiger partial charge in [-0.25, -0.2) is 9.18 Å². The number of hydrogen-bond donors (Lipinski definition) is 0. The number of methoxy groups -OCH3 is 1. The van der Waals surface area contributed by atoms with Gasteiger partial charge in [0.25, 0.3) is 5.91 Å². The van der Waals surface area contributed by atoms with Crippen LogP contribution in [0.5, 0.6) is 5.75 Å². The van der Waals surface area contributed by atoms with Gasteiger partial charge in [-0.1, -0.05) is 12.1 Å². The van der Waals surface area contributed by atoms with Crippen LogP contribution in [-0.4, -0.2) is 32.1 Å². The lowest BCUT2D eigenvalue weighted by molar-refractivity contribution is -0.160. The normalized spacial score (nSPS) is 24.6. The highest BCUT2D eigenvalue weighted by molar-refractivity contribution is 6.19. The van der Waals surface area contributed by atoms with Crippen molar-refractivity contribution in [3.8, 4) is 5.75 Å². The Labute approximate surface area is 102 Å². The van der Waals surface area contributed by atoms with Crippen molar-refractivity contribution < 1.29 is 23.5 Å². The third-order valence-electron chi connectivity index (χ3n) is 3.22. The molecule has 1 aromatic carbocycles. The van der Waals surface area contributed by atoms with E-state index in [-0.39, 0.29) is 18.7 Å². The van der Waals surface area contributed by atoms with E-state index in [1.54, 1.807) is 12.1 Å². The molecule has 0 aromatic heterocycles. The SMILES string of the molecule is COC(=O)C1(F)C(=O)N2CCOc3cccc1c32. The average Bonchev–Trinajstić information content (AvgIpc) is 2.64. The summed E-state index contributed by atoms with van der Waals surface area (Å²) in [7, 11) is 1.05. The Hall–Kier alpha value is -2.11. The third-order valence-corrected chi connectivity index (χ3v) is 3.22. The maximum Gasteiger partial charge on any atom is 0.358 e. The Kier molecular flexibility index (Phi) is 2.10. The van der Waals surface area contributed by atoms with E-state index in [1.165, 1.54) is 11.0 Å². The molecular weight excluding hydrogens is 241 g/mol. The first kappa shape index (κ1) is 11.0. The van der Waals surface area contributed by atoms with Crippen molar-refractivity contribution in [2.75, 3.05) is 25.2 Å². The number of carbonyl (C=O) groups excluding carboxylic acids is 2. The molecule has 0 aliphatic carbocycles. The van der Waals surface area contributed by atoms with E-state index < -0.39 is 17.5 Å². The molecule has 0 radical (unpaired) electrons. The summed E-state index contributed by atoms with van der Waals surface area (Å²) >= 11 is 0. The number of ether oxygens (including phenoxy) is 2. The molecule has 94 valence electrons. The molecule has 2 aliphatic heterocycles. The van der Waals surface area contributed by atoms with Crippen molar-refractivity contribution in [3.05, 3.63) is 23.8 Å². The van der Waals surface area contributed by atoms with Crippen LogP contribution in [0.15, 0.2) is 18.2 Å². The molecule has 0 spiro atoms.